The zero-order chi connectivity index (χ0) is 12.3. The van der Waals surface area contributed by atoms with Gasteiger partial charge in [0.15, 0.2) is 0 Å². The molecule has 0 fully saturated rings. The Balaban J connectivity index is 2.07. The predicted octanol–water partition coefficient (Wildman–Crippen LogP) is 2.95. The summed E-state index contributed by atoms with van der Waals surface area (Å²) >= 11 is 0. The van der Waals surface area contributed by atoms with Gasteiger partial charge in [-0.1, -0.05) is 18.2 Å². The van der Waals surface area contributed by atoms with E-state index in [0.717, 1.165) is 11.5 Å². The van der Waals surface area contributed by atoms with Gasteiger partial charge < -0.3 is 9.73 Å². The minimum atomic E-state index is -0.168. The van der Waals surface area contributed by atoms with Crippen molar-refractivity contribution in [2.45, 2.75) is 19.8 Å². The van der Waals surface area contributed by atoms with Gasteiger partial charge in [0.2, 0.25) is 0 Å². The topological polar surface area (TPSA) is 38.1 Å². The molecule has 2 aromatic rings. The average Bonchev–Trinajstić information content (AvgIpc) is 2.69. The highest BCUT2D eigenvalue weighted by atomic mass is 19.1. The molecular weight excluding hydrogens is 219 g/mol. The molecular formula is C13H15FN2O. The monoisotopic (exact) mass is 234 g/mol. The quantitative estimate of drug-likeness (QED) is 0.883. The molecule has 2 rings (SSSR count). The first kappa shape index (κ1) is 11.6. The summed E-state index contributed by atoms with van der Waals surface area (Å²) in [6.07, 6.45) is 1.27. The highest BCUT2D eigenvalue weighted by Crippen LogP contribution is 2.17. The van der Waals surface area contributed by atoms with Crippen molar-refractivity contribution in [3.8, 4) is 0 Å². The molecule has 1 aromatic carbocycles. The predicted molar refractivity (Wildman–Crippen MR) is 64.6 cm³/mol. The van der Waals surface area contributed by atoms with E-state index in [1.807, 2.05) is 13.0 Å². The van der Waals surface area contributed by atoms with E-state index in [2.05, 4.69) is 10.3 Å². The van der Waals surface area contributed by atoms with Gasteiger partial charge in [-0.05, 0) is 25.0 Å². The van der Waals surface area contributed by atoms with Crippen molar-refractivity contribution in [2.24, 2.45) is 0 Å². The summed E-state index contributed by atoms with van der Waals surface area (Å²) in [6, 6.07) is 7.30. The highest BCUT2D eigenvalue weighted by molar-refractivity contribution is 5.25. The second-order valence-electron chi connectivity index (χ2n) is 3.87. The van der Waals surface area contributed by atoms with E-state index in [4.69, 9.17) is 4.42 Å². The molecule has 0 saturated carbocycles. The van der Waals surface area contributed by atoms with Crippen LogP contribution in [0.4, 0.5) is 10.4 Å². The number of hydrogen-bond donors (Lipinski definition) is 1. The molecule has 3 nitrogen and oxygen atoms in total. The van der Waals surface area contributed by atoms with Crippen molar-refractivity contribution in [3.63, 3.8) is 0 Å². The lowest BCUT2D eigenvalue weighted by Gasteiger charge is -2.01. The smallest absolute Gasteiger partial charge is 0.294 e. The van der Waals surface area contributed by atoms with Gasteiger partial charge in [-0.2, -0.15) is 4.98 Å². The molecule has 0 bridgehead atoms. The summed E-state index contributed by atoms with van der Waals surface area (Å²) < 4.78 is 18.9. The number of anilines is 1. The molecule has 0 radical (unpaired) electrons. The fraction of sp³-hybridized carbons (Fsp3) is 0.308. The molecule has 0 atom stereocenters. The minimum absolute atomic E-state index is 0.168. The highest BCUT2D eigenvalue weighted by Gasteiger charge is 2.09. The molecule has 1 N–H and O–H groups in total. The number of halogens is 1. The lowest BCUT2D eigenvalue weighted by atomic mass is 10.1. The Hall–Kier alpha value is -1.84. The first-order valence-electron chi connectivity index (χ1n) is 5.58. The lowest BCUT2D eigenvalue weighted by Crippen LogP contribution is -1.94. The van der Waals surface area contributed by atoms with Crippen LogP contribution in [0.1, 0.15) is 17.0 Å². The Bertz CT molecular complexity index is 508. The van der Waals surface area contributed by atoms with Crippen molar-refractivity contribution in [1.82, 2.24) is 4.98 Å². The number of hydrogen-bond acceptors (Lipinski definition) is 3. The molecule has 0 aliphatic heterocycles. The Morgan fingerprint density at radius 2 is 2.06 bits per heavy atom. The van der Waals surface area contributed by atoms with Crippen molar-refractivity contribution in [1.29, 1.82) is 0 Å². The minimum Gasteiger partial charge on any atom is -0.428 e. The van der Waals surface area contributed by atoms with E-state index < -0.39 is 0 Å². The van der Waals surface area contributed by atoms with Crippen molar-refractivity contribution >= 4 is 6.01 Å². The third kappa shape index (κ3) is 2.64. The van der Waals surface area contributed by atoms with Gasteiger partial charge in [-0.25, -0.2) is 4.39 Å². The van der Waals surface area contributed by atoms with E-state index in [1.54, 1.807) is 19.2 Å². The summed E-state index contributed by atoms with van der Waals surface area (Å²) in [7, 11) is 1.76. The second kappa shape index (κ2) is 4.99. The first-order valence-corrected chi connectivity index (χ1v) is 5.58. The Morgan fingerprint density at radius 1 is 1.29 bits per heavy atom. The summed E-state index contributed by atoms with van der Waals surface area (Å²) in [5.74, 6) is 0.635. The molecule has 90 valence electrons. The Labute approximate surface area is 99.7 Å². The maximum Gasteiger partial charge on any atom is 0.294 e. The van der Waals surface area contributed by atoms with Crippen molar-refractivity contribution < 1.29 is 8.81 Å². The van der Waals surface area contributed by atoms with E-state index in [0.29, 0.717) is 24.4 Å². The molecule has 0 saturated heterocycles. The van der Waals surface area contributed by atoms with Crippen LogP contribution in [0.2, 0.25) is 0 Å². The fourth-order valence-corrected chi connectivity index (χ4v) is 1.72. The largest absolute Gasteiger partial charge is 0.428 e. The molecule has 1 aromatic heterocycles. The summed E-state index contributed by atoms with van der Waals surface area (Å²) in [4.78, 5) is 4.19. The SMILES string of the molecule is CNc1nc(C)c(CCc2ccccc2F)o1. The summed E-state index contributed by atoms with van der Waals surface area (Å²) in [5.41, 5.74) is 1.56. The van der Waals surface area contributed by atoms with E-state index in [9.17, 15) is 4.39 Å². The maximum atomic E-state index is 13.4. The van der Waals surface area contributed by atoms with Crippen LogP contribution < -0.4 is 5.32 Å². The van der Waals surface area contributed by atoms with E-state index >= 15 is 0 Å². The van der Waals surface area contributed by atoms with Crippen molar-refractivity contribution in [3.05, 3.63) is 47.1 Å². The van der Waals surface area contributed by atoms with Crippen LogP contribution in [0, 0.1) is 12.7 Å². The lowest BCUT2D eigenvalue weighted by molar-refractivity contribution is 0.512. The molecule has 0 amide bonds. The number of rotatable bonds is 4. The van der Waals surface area contributed by atoms with Crippen LogP contribution >= 0.6 is 0 Å². The van der Waals surface area contributed by atoms with Gasteiger partial charge >= 0.3 is 0 Å². The third-order valence-corrected chi connectivity index (χ3v) is 2.69. The molecule has 0 unspecified atom stereocenters. The molecule has 0 aliphatic carbocycles. The number of aromatic nitrogens is 1. The Morgan fingerprint density at radius 3 is 2.71 bits per heavy atom. The fourth-order valence-electron chi connectivity index (χ4n) is 1.72. The first-order chi connectivity index (χ1) is 8.20. The van der Waals surface area contributed by atoms with Gasteiger partial charge in [-0.3, -0.25) is 0 Å². The summed E-state index contributed by atoms with van der Waals surface area (Å²) in [5, 5.41) is 2.85. The van der Waals surface area contributed by atoms with Gasteiger partial charge in [0, 0.05) is 13.5 Å². The number of nitrogens with zero attached hydrogens (tertiary/aromatic N) is 1. The molecule has 0 spiro atoms. The maximum absolute atomic E-state index is 13.4. The number of nitrogens with one attached hydrogen (secondary N) is 1. The van der Waals surface area contributed by atoms with E-state index in [-0.39, 0.29) is 5.82 Å². The van der Waals surface area contributed by atoms with Crippen LogP contribution in [0.5, 0.6) is 0 Å². The molecule has 1 heterocycles. The van der Waals surface area contributed by atoms with Crippen LogP contribution in [-0.4, -0.2) is 12.0 Å². The standard InChI is InChI=1S/C13H15FN2O/c1-9-12(17-13(15-2)16-9)8-7-10-5-3-4-6-11(10)14/h3-6H,7-8H2,1-2H3,(H,15,16). The number of aryl methyl sites for hydroxylation is 3. The van der Waals surface area contributed by atoms with Gasteiger partial charge in [0.25, 0.3) is 6.01 Å². The Kier molecular flexibility index (Phi) is 3.42. The second-order valence-corrected chi connectivity index (χ2v) is 3.87. The zero-order valence-electron chi connectivity index (χ0n) is 9.96. The number of benzene rings is 1. The van der Waals surface area contributed by atoms with Gasteiger partial charge in [-0.15, -0.1) is 0 Å². The summed E-state index contributed by atoms with van der Waals surface area (Å²) in [6.45, 7) is 1.89. The van der Waals surface area contributed by atoms with Crippen LogP contribution in [0.25, 0.3) is 0 Å². The average molecular weight is 234 g/mol. The van der Waals surface area contributed by atoms with Crippen LogP contribution in [0.15, 0.2) is 28.7 Å². The van der Waals surface area contributed by atoms with Gasteiger partial charge in [0.1, 0.15) is 11.6 Å². The normalized spacial score (nSPS) is 10.5. The van der Waals surface area contributed by atoms with Gasteiger partial charge in [0.05, 0.1) is 5.69 Å². The molecule has 0 aliphatic rings. The molecule has 4 heteroatoms. The molecule has 17 heavy (non-hydrogen) atoms. The van der Waals surface area contributed by atoms with E-state index in [1.165, 1.54) is 6.07 Å². The van der Waals surface area contributed by atoms with Crippen LogP contribution in [-0.2, 0) is 12.8 Å². The third-order valence-electron chi connectivity index (χ3n) is 2.69. The zero-order valence-corrected chi connectivity index (χ0v) is 9.96. The van der Waals surface area contributed by atoms with Crippen molar-refractivity contribution in [2.75, 3.05) is 12.4 Å². The van der Waals surface area contributed by atoms with Crippen LogP contribution in [0.3, 0.4) is 0 Å². The number of oxazole rings is 1.